The lowest BCUT2D eigenvalue weighted by atomic mass is 10.1. The van der Waals surface area contributed by atoms with E-state index in [0.29, 0.717) is 10.7 Å². The minimum atomic E-state index is -0.905. The summed E-state index contributed by atoms with van der Waals surface area (Å²) in [5.74, 6) is -0.905. The van der Waals surface area contributed by atoms with Gasteiger partial charge in [-0.2, -0.15) is 0 Å². The molecule has 1 heterocycles. The summed E-state index contributed by atoms with van der Waals surface area (Å²) in [7, 11) is 0. The molecule has 23 heavy (non-hydrogen) atoms. The van der Waals surface area contributed by atoms with Crippen molar-refractivity contribution in [1.82, 2.24) is 4.98 Å². The van der Waals surface area contributed by atoms with E-state index in [1.165, 1.54) is 0 Å². The van der Waals surface area contributed by atoms with Gasteiger partial charge in [-0.3, -0.25) is 9.78 Å². The molecule has 0 spiro atoms. The Labute approximate surface area is 138 Å². The number of carboxylic acids is 1. The first kappa shape index (κ1) is 15.3. The van der Waals surface area contributed by atoms with Crippen LogP contribution in [-0.2, 0) is 11.2 Å². The number of pyridine rings is 1. The van der Waals surface area contributed by atoms with Crippen molar-refractivity contribution in [3.8, 4) is 0 Å². The molecular formula is C18H15ClN2O2. The number of hydrogen-bond acceptors (Lipinski definition) is 3. The van der Waals surface area contributed by atoms with E-state index < -0.39 is 5.97 Å². The third-order valence-corrected chi connectivity index (χ3v) is 4.05. The Morgan fingerprint density at radius 3 is 2.74 bits per heavy atom. The molecule has 5 heteroatoms. The fourth-order valence-corrected chi connectivity index (χ4v) is 2.64. The normalized spacial score (nSPS) is 10.7. The number of hydrogen-bond donors (Lipinski definition) is 2. The molecule has 0 aliphatic carbocycles. The minimum Gasteiger partial charge on any atom is -0.481 e. The van der Waals surface area contributed by atoms with Gasteiger partial charge in [-0.25, -0.2) is 0 Å². The van der Waals surface area contributed by atoms with Crippen LogP contribution in [0.5, 0.6) is 0 Å². The second-order valence-corrected chi connectivity index (χ2v) is 5.69. The largest absolute Gasteiger partial charge is 0.481 e. The van der Waals surface area contributed by atoms with Crippen molar-refractivity contribution in [1.29, 1.82) is 0 Å². The molecule has 2 aromatic carbocycles. The summed E-state index contributed by atoms with van der Waals surface area (Å²) in [6, 6.07) is 15.1. The number of benzene rings is 2. The van der Waals surface area contributed by atoms with Crippen molar-refractivity contribution in [3.63, 3.8) is 0 Å². The lowest BCUT2D eigenvalue weighted by molar-refractivity contribution is -0.136. The van der Waals surface area contributed by atoms with Crippen LogP contribution in [0.15, 0.2) is 48.5 Å². The number of fused-ring (bicyclic) bond motifs is 1. The standard InChI is InChI=1S/C18H15ClN2O2/c1-11-14(19)6-4-8-15(11)21-17-9-12(10-18(22)23)20-16-7-3-2-5-13(16)17/h2-9H,10H2,1H3,(H,20,21)(H,22,23). The van der Waals surface area contributed by atoms with E-state index in [2.05, 4.69) is 10.3 Å². The number of aromatic nitrogens is 1. The summed E-state index contributed by atoms with van der Waals surface area (Å²) in [6.07, 6.45) is -0.117. The quantitative estimate of drug-likeness (QED) is 0.737. The number of nitrogens with one attached hydrogen (secondary N) is 1. The Hall–Kier alpha value is -2.59. The molecule has 3 aromatic rings. The van der Waals surface area contributed by atoms with Gasteiger partial charge in [-0.05, 0) is 36.8 Å². The van der Waals surface area contributed by atoms with Crippen LogP contribution in [0.1, 0.15) is 11.3 Å². The highest BCUT2D eigenvalue weighted by molar-refractivity contribution is 6.31. The first-order valence-corrected chi connectivity index (χ1v) is 7.55. The highest BCUT2D eigenvalue weighted by Gasteiger charge is 2.10. The Morgan fingerprint density at radius 2 is 1.96 bits per heavy atom. The maximum Gasteiger partial charge on any atom is 0.309 e. The Kier molecular flexibility index (Phi) is 4.17. The number of carbonyl (C=O) groups is 1. The van der Waals surface area contributed by atoms with Crippen molar-refractivity contribution in [3.05, 3.63) is 64.8 Å². The summed E-state index contributed by atoms with van der Waals surface area (Å²) in [4.78, 5) is 15.4. The highest BCUT2D eigenvalue weighted by Crippen LogP contribution is 2.30. The molecule has 0 aliphatic heterocycles. The lowest BCUT2D eigenvalue weighted by Gasteiger charge is -2.14. The molecule has 0 saturated heterocycles. The van der Waals surface area contributed by atoms with Crippen molar-refractivity contribution in [2.75, 3.05) is 5.32 Å². The molecule has 4 nitrogen and oxygen atoms in total. The van der Waals surface area contributed by atoms with Gasteiger partial charge in [0.25, 0.3) is 0 Å². The zero-order valence-electron chi connectivity index (χ0n) is 12.5. The molecule has 3 rings (SSSR count). The Balaban J connectivity index is 2.11. The highest BCUT2D eigenvalue weighted by atomic mass is 35.5. The SMILES string of the molecule is Cc1c(Cl)cccc1Nc1cc(CC(=O)O)nc2ccccc12. The average Bonchev–Trinajstić information content (AvgIpc) is 2.51. The number of anilines is 2. The molecule has 0 unspecified atom stereocenters. The Bertz CT molecular complexity index is 893. The number of rotatable bonds is 4. The Morgan fingerprint density at radius 1 is 1.17 bits per heavy atom. The van der Waals surface area contributed by atoms with Gasteiger partial charge < -0.3 is 10.4 Å². The van der Waals surface area contributed by atoms with Crippen molar-refractivity contribution >= 4 is 39.8 Å². The predicted molar refractivity (Wildman–Crippen MR) is 92.6 cm³/mol. The summed E-state index contributed by atoms with van der Waals surface area (Å²) in [5.41, 5.74) is 3.91. The molecule has 0 aliphatic rings. The monoisotopic (exact) mass is 326 g/mol. The van der Waals surface area contributed by atoms with Gasteiger partial charge in [0.05, 0.1) is 17.6 Å². The topological polar surface area (TPSA) is 62.2 Å². The van der Waals surface area contributed by atoms with Crippen molar-refractivity contribution in [2.24, 2.45) is 0 Å². The van der Waals surface area contributed by atoms with Gasteiger partial charge >= 0.3 is 5.97 Å². The fraction of sp³-hybridized carbons (Fsp3) is 0.111. The van der Waals surface area contributed by atoms with Crippen LogP contribution < -0.4 is 5.32 Å². The molecule has 0 bridgehead atoms. The minimum absolute atomic E-state index is 0.117. The van der Waals surface area contributed by atoms with Crippen LogP contribution in [0.3, 0.4) is 0 Å². The fourth-order valence-electron chi connectivity index (χ4n) is 2.47. The van der Waals surface area contributed by atoms with E-state index in [-0.39, 0.29) is 6.42 Å². The average molecular weight is 327 g/mol. The molecule has 1 aromatic heterocycles. The lowest BCUT2D eigenvalue weighted by Crippen LogP contribution is -2.04. The molecule has 0 saturated carbocycles. The maximum atomic E-state index is 11.0. The summed E-state index contributed by atoms with van der Waals surface area (Å²) in [5, 5.41) is 14.0. The second kappa shape index (κ2) is 6.26. The summed E-state index contributed by atoms with van der Waals surface area (Å²) in [6.45, 7) is 1.94. The third kappa shape index (κ3) is 3.27. The third-order valence-electron chi connectivity index (χ3n) is 3.64. The molecule has 0 amide bonds. The van der Waals surface area contributed by atoms with E-state index in [1.54, 1.807) is 6.07 Å². The van der Waals surface area contributed by atoms with Crippen LogP contribution in [0.25, 0.3) is 10.9 Å². The van der Waals surface area contributed by atoms with E-state index in [4.69, 9.17) is 16.7 Å². The predicted octanol–water partition coefficient (Wildman–Crippen LogP) is 4.57. The first-order chi connectivity index (χ1) is 11.0. The molecule has 116 valence electrons. The van der Waals surface area contributed by atoms with E-state index >= 15 is 0 Å². The number of para-hydroxylation sites is 1. The zero-order chi connectivity index (χ0) is 16.4. The first-order valence-electron chi connectivity index (χ1n) is 7.17. The molecule has 2 N–H and O–H groups in total. The number of aliphatic carboxylic acids is 1. The van der Waals surface area contributed by atoms with Crippen LogP contribution in [0, 0.1) is 6.92 Å². The van der Waals surface area contributed by atoms with E-state index in [9.17, 15) is 4.79 Å². The van der Waals surface area contributed by atoms with Gasteiger partial charge in [0.2, 0.25) is 0 Å². The van der Waals surface area contributed by atoms with Gasteiger partial charge in [-0.15, -0.1) is 0 Å². The van der Waals surface area contributed by atoms with Gasteiger partial charge in [-0.1, -0.05) is 35.9 Å². The number of nitrogens with zero attached hydrogens (tertiary/aromatic N) is 1. The van der Waals surface area contributed by atoms with Crippen LogP contribution in [0.2, 0.25) is 5.02 Å². The molecule has 0 atom stereocenters. The molecule has 0 fully saturated rings. The van der Waals surface area contributed by atoms with E-state index in [0.717, 1.165) is 27.8 Å². The summed E-state index contributed by atoms with van der Waals surface area (Å²) < 4.78 is 0. The zero-order valence-corrected chi connectivity index (χ0v) is 13.3. The number of halogens is 1. The number of carboxylic acid groups (broad SMARTS) is 1. The van der Waals surface area contributed by atoms with Crippen LogP contribution in [-0.4, -0.2) is 16.1 Å². The van der Waals surface area contributed by atoms with Crippen LogP contribution in [0.4, 0.5) is 11.4 Å². The van der Waals surface area contributed by atoms with Gasteiger partial charge in [0.1, 0.15) is 0 Å². The van der Waals surface area contributed by atoms with Gasteiger partial charge in [0, 0.05) is 21.8 Å². The van der Waals surface area contributed by atoms with Crippen LogP contribution >= 0.6 is 11.6 Å². The second-order valence-electron chi connectivity index (χ2n) is 5.29. The molecule has 0 radical (unpaired) electrons. The van der Waals surface area contributed by atoms with E-state index in [1.807, 2.05) is 49.4 Å². The van der Waals surface area contributed by atoms with Gasteiger partial charge in [0.15, 0.2) is 0 Å². The van der Waals surface area contributed by atoms with Crippen molar-refractivity contribution in [2.45, 2.75) is 13.3 Å². The molecular weight excluding hydrogens is 312 g/mol. The maximum absolute atomic E-state index is 11.0. The summed E-state index contributed by atoms with van der Waals surface area (Å²) >= 11 is 6.17. The smallest absolute Gasteiger partial charge is 0.309 e. The van der Waals surface area contributed by atoms with Crippen molar-refractivity contribution < 1.29 is 9.90 Å².